The number of rotatable bonds is 2. The van der Waals surface area contributed by atoms with Crippen LogP contribution in [0.1, 0.15) is 39.3 Å². The maximum Gasteiger partial charge on any atom is 0.163 e. The minimum Gasteiger partial charge on any atom is -0.361 e. The van der Waals surface area contributed by atoms with Gasteiger partial charge in [0.25, 0.3) is 0 Å². The summed E-state index contributed by atoms with van der Waals surface area (Å²) in [5.41, 5.74) is 2.02. The monoisotopic (exact) mass is 374 g/mol. The van der Waals surface area contributed by atoms with Crippen molar-refractivity contribution >= 4 is 10.9 Å². The Hall–Kier alpha value is -1.48. The number of hydroxylamine groups is 2. The molecule has 1 aromatic carbocycles. The van der Waals surface area contributed by atoms with Crippen molar-refractivity contribution in [2.45, 2.75) is 69.7 Å². The fourth-order valence-corrected chi connectivity index (χ4v) is 4.74. The molecule has 7 nitrogen and oxygen atoms in total. The standard InChI is InChI=1S/C20H26N2O5/c1-19(2)24-10-14(25-19)16-18-17(26-20(3,4)27-18)15(22(16)23)12-9-21-13-8-6-5-7-11(12)13/h5-9,14-18,21,23H,10H2,1-4H3/t14?,15-,16-,17+,18-/m0/s1. The van der Waals surface area contributed by atoms with Gasteiger partial charge in [0.2, 0.25) is 0 Å². The second-order valence-corrected chi connectivity index (χ2v) is 8.54. The molecule has 7 heteroatoms. The number of hydrogen-bond donors (Lipinski definition) is 2. The van der Waals surface area contributed by atoms with Gasteiger partial charge in [0, 0.05) is 17.1 Å². The van der Waals surface area contributed by atoms with Gasteiger partial charge in [0.15, 0.2) is 11.6 Å². The smallest absolute Gasteiger partial charge is 0.163 e. The quantitative estimate of drug-likeness (QED) is 0.842. The minimum absolute atomic E-state index is 0.301. The number of ether oxygens (including phenoxy) is 4. The lowest BCUT2D eigenvalue weighted by molar-refractivity contribution is -0.235. The maximum atomic E-state index is 11.2. The SMILES string of the molecule is CC1(C)OCC([C@H]2[C@@H]3OC(C)(C)O[C@@H]3[C@H](c3c[nH]c4ccccc34)N2O)O1. The van der Waals surface area contributed by atoms with Crippen LogP contribution in [-0.2, 0) is 18.9 Å². The molecule has 1 unspecified atom stereocenters. The Kier molecular flexibility index (Phi) is 3.76. The van der Waals surface area contributed by atoms with Gasteiger partial charge in [-0.2, -0.15) is 5.06 Å². The van der Waals surface area contributed by atoms with Gasteiger partial charge in [0.1, 0.15) is 18.3 Å². The summed E-state index contributed by atoms with van der Waals surface area (Å²) in [6.45, 7) is 7.99. The average Bonchev–Trinajstić information content (AvgIpc) is 3.29. The van der Waals surface area contributed by atoms with Crippen LogP contribution in [0, 0.1) is 0 Å². The Balaban J connectivity index is 1.56. The predicted molar refractivity (Wildman–Crippen MR) is 97.2 cm³/mol. The Morgan fingerprint density at radius 1 is 1.04 bits per heavy atom. The first-order valence-corrected chi connectivity index (χ1v) is 9.46. The number of nitrogens with one attached hydrogen (secondary N) is 1. The first kappa shape index (κ1) is 17.6. The summed E-state index contributed by atoms with van der Waals surface area (Å²) in [6, 6.07) is 7.33. The molecular formula is C20H26N2O5. The third-order valence-electron chi connectivity index (χ3n) is 5.75. The van der Waals surface area contributed by atoms with E-state index in [9.17, 15) is 5.21 Å². The van der Waals surface area contributed by atoms with Crippen LogP contribution in [0.5, 0.6) is 0 Å². The van der Waals surface area contributed by atoms with Crippen molar-refractivity contribution in [3.8, 4) is 0 Å². The Morgan fingerprint density at radius 3 is 2.52 bits per heavy atom. The summed E-state index contributed by atoms with van der Waals surface area (Å²) in [4.78, 5) is 3.29. The fraction of sp³-hybridized carbons (Fsp3) is 0.600. The second-order valence-electron chi connectivity index (χ2n) is 8.54. The molecular weight excluding hydrogens is 348 g/mol. The highest BCUT2D eigenvalue weighted by molar-refractivity contribution is 5.83. The zero-order chi connectivity index (χ0) is 19.0. The van der Waals surface area contributed by atoms with Crippen LogP contribution in [0.2, 0.25) is 0 Å². The number of fused-ring (bicyclic) bond motifs is 2. The van der Waals surface area contributed by atoms with Gasteiger partial charge in [-0.15, -0.1) is 0 Å². The first-order chi connectivity index (χ1) is 12.8. The van der Waals surface area contributed by atoms with E-state index in [4.69, 9.17) is 18.9 Å². The molecule has 0 spiro atoms. The molecule has 146 valence electrons. The third kappa shape index (κ3) is 2.73. The number of hydrogen-bond acceptors (Lipinski definition) is 6. The molecule has 27 heavy (non-hydrogen) atoms. The van der Waals surface area contributed by atoms with E-state index in [-0.39, 0.29) is 30.4 Å². The molecule has 2 aromatic rings. The van der Waals surface area contributed by atoms with Crippen LogP contribution >= 0.6 is 0 Å². The molecule has 0 amide bonds. The van der Waals surface area contributed by atoms with E-state index in [0.29, 0.717) is 6.61 Å². The maximum absolute atomic E-state index is 11.2. The molecule has 4 heterocycles. The molecule has 2 N–H and O–H groups in total. The van der Waals surface area contributed by atoms with Crippen LogP contribution < -0.4 is 0 Å². The molecule has 3 fully saturated rings. The molecule has 0 radical (unpaired) electrons. The molecule has 5 atom stereocenters. The zero-order valence-electron chi connectivity index (χ0n) is 16.0. The molecule has 0 bridgehead atoms. The number of benzene rings is 1. The van der Waals surface area contributed by atoms with Crippen molar-refractivity contribution in [2.24, 2.45) is 0 Å². The lowest BCUT2D eigenvalue weighted by Gasteiger charge is -2.32. The lowest BCUT2D eigenvalue weighted by atomic mass is 9.99. The van der Waals surface area contributed by atoms with Crippen LogP contribution in [0.3, 0.4) is 0 Å². The largest absolute Gasteiger partial charge is 0.361 e. The zero-order valence-corrected chi connectivity index (χ0v) is 16.0. The second kappa shape index (κ2) is 5.76. The van der Waals surface area contributed by atoms with Crippen LogP contribution in [0.15, 0.2) is 30.5 Å². The van der Waals surface area contributed by atoms with E-state index in [2.05, 4.69) is 11.1 Å². The summed E-state index contributed by atoms with van der Waals surface area (Å²) in [5, 5.41) is 13.6. The summed E-state index contributed by atoms with van der Waals surface area (Å²) >= 11 is 0. The molecule has 0 saturated carbocycles. The normalized spacial score (nSPS) is 37.9. The van der Waals surface area contributed by atoms with Crippen molar-refractivity contribution in [1.82, 2.24) is 10.0 Å². The average molecular weight is 374 g/mol. The number of para-hydroxylation sites is 1. The molecule has 3 saturated heterocycles. The number of aromatic nitrogens is 1. The van der Waals surface area contributed by atoms with Gasteiger partial charge in [-0.1, -0.05) is 18.2 Å². The topological polar surface area (TPSA) is 76.2 Å². The van der Waals surface area contributed by atoms with Crippen molar-refractivity contribution < 1.29 is 24.2 Å². The van der Waals surface area contributed by atoms with E-state index >= 15 is 0 Å². The van der Waals surface area contributed by atoms with Crippen molar-refractivity contribution in [2.75, 3.05) is 6.61 Å². The Morgan fingerprint density at radius 2 is 1.78 bits per heavy atom. The van der Waals surface area contributed by atoms with E-state index in [0.717, 1.165) is 16.5 Å². The van der Waals surface area contributed by atoms with Crippen LogP contribution in [-0.4, -0.2) is 57.8 Å². The van der Waals surface area contributed by atoms with E-state index in [1.54, 1.807) is 0 Å². The summed E-state index contributed by atoms with van der Waals surface area (Å²) in [7, 11) is 0. The minimum atomic E-state index is -0.714. The summed E-state index contributed by atoms with van der Waals surface area (Å²) < 4.78 is 24.3. The summed E-state index contributed by atoms with van der Waals surface area (Å²) in [5.74, 6) is -1.39. The highest BCUT2D eigenvalue weighted by Gasteiger charge is 2.62. The first-order valence-electron chi connectivity index (χ1n) is 9.46. The number of H-pyrrole nitrogens is 1. The van der Waals surface area contributed by atoms with Gasteiger partial charge in [-0.3, -0.25) is 0 Å². The molecule has 0 aliphatic carbocycles. The fourth-order valence-electron chi connectivity index (χ4n) is 4.74. The van der Waals surface area contributed by atoms with Gasteiger partial charge in [-0.25, -0.2) is 0 Å². The highest BCUT2D eigenvalue weighted by atomic mass is 16.8. The van der Waals surface area contributed by atoms with Gasteiger partial charge >= 0.3 is 0 Å². The predicted octanol–water partition coefficient (Wildman–Crippen LogP) is 2.95. The van der Waals surface area contributed by atoms with Crippen molar-refractivity contribution in [3.05, 3.63) is 36.0 Å². The van der Waals surface area contributed by atoms with Crippen LogP contribution in [0.25, 0.3) is 10.9 Å². The Labute approximate surface area is 158 Å². The van der Waals surface area contributed by atoms with Crippen molar-refractivity contribution in [1.29, 1.82) is 0 Å². The number of aromatic amines is 1. The lowest BCUT2D eigenvalue weighted by Crippen LogP contribution is -2.47. The molecule has 3 aliphatic heterocycles. The van der Waals surface area contributed by atoms with E-state index < -0.39 is 11.6 Å². The third-order valence-corrected chi connectivity index (χ3v) is 5.75. The molecule has 1 aromatic heterocycles. The van der Waals surface area contributed by atoms with Gasteiger partial charge in [0.05, 0.1) is 18.7 Å². The number of nitrogens with zero attached hydrogens (tertiary/aromatic N) is 1. The molecule has 3 aliphatic rings. The van der Waals surface area contributed by atoms with Crippen molar-refractivity contribution in [3.63, 3.8) is 0 Å². The van der Waals surface area contributed by atoms with Gasteiger partial charge < -0.3 is 29.1 Å². The molecule has 5 rings (SSSR count). The van der Waals surface area contributed by atoms with Gasteiger partial charge in [-0.05, 0) is 39.3 Å². The van der Waals surface area contributed by atoms with Crippen LogP contribution in [0.4, 0.5) is 0 Å². The highest BCUT2D eigenvalue weighted by Crippen LogP contribution is 2.49. The summed E-state index contributed by atoms with van der Waals surface area (Å²) in [6.07, 6.45) is 1.03. The Bertz CT molecular complexity index is 863. The van der Waals surface area contributed by atoms with E-state index in [1.165, 1.54) is 5.06 Å². The van der Waals surface area contributed by atoms with E-state index in [1.807, 2.05) is 52.1 Å².